The van der Waals surface area contributed by atoms with Crippen molar-refractivity contribution in [3.05, 3.63) is 33.9 Å². The van der Waals surface area contributed by atoms with E-state index in [9.17, 15) is 5.11 Å². The Hall–Kier alpha value is -0.860. The predicted molar refractivity (Wildman–Crippen MR) is 78.0 cm³/mol. The highest BCUT2D eigenvalue weighted by Gasteiger charge is 2.16. The molecule has 0 radical (unpaired) electrons. The SMILES string of the molecule is Cc1cc(C)c(C)c(CNCC(C)(C)CO)c1C. The maximum atomic E-state index is 9.25. The van der Waals surface area contributed by atoms with Gasteiger partial charge in [-0.05, 0) is 55.5 Å². The summed E-state index contributed by atoms with van der Waals surface area (Å²) in [5, 5.41) is 12.7. The third-order valence-electron chi connectivity index (χ3n) is 3.85. The van der Waals surface area contributed by atoms with Crippen molar-refractivity contribution in [3.63, 3.8) is 0 Å². The van der Waals surface area contributed by atoms with Crippen LogP contribution >= 0.6 is 0 Å². The fourth-order valence-corrected chi connectivity index (χ4v) is 2.15. The fraction of sp³-hybridized carbons (Fsp3) is 0.625. The second kappa shape index (κ2) is 5.85. The summed E-state index contributed by atoms with van der Waals surface area (Å²) in [5.41, 5.74) is 6.83. The van der Waals surface area contributed by atoms with Crippen LogP contribution in [0.2, 0.25) is 0 Å². The van der Waals surface area contributed by atoms with Crippen LogP contribution < -0.4 is 5.32 Å². The largest absolute Gasteiger partial charge is 0.396 e. The zero-order chi connectivity index (χ0) is 13.9. The van der Waals surface area contributed by atoms with Crippen molar-refractivity contribution in [1.29, 1.82) is 0 Å². The van der Waals surface area contributed by atoms with Gasteiger partial charge in [0, 0.05) is 25.1 Å². The molecule has 1 rings (SSSR count). The van der Waals surface area contributed by atoms with E-state index in [1.807, 2.05) is 0 Å². The average molecular weight is 249 g/mol. The van der Waals surface area contributed by atoms with E-state index in [4.69, 9.17) is 0 Å². The predicted octanol–water partition coefficient (Wildman–Crippen LogP) is 3.03. The van der Waals surface area contributed by atoms with Crippen LogP contribution in [0.15, 0.2) is 6.07 Å². The Kier molecular flexibility index (Phi) is 4.94. The van der Waals surface area contributed by atoms with Crippen LogP contribution in [-0.2, 0) is 6.54 Å². The van der Waals surface area contributed by atoms with Gasteiger partial charge in [-0.2, -0.15) is 0 Å². The van der Waals surface area contributed by atoms with Crippen LogP contribution in [0, 0.1) is 33.1 Å². The summed E-state index contributed by atoms with van der Waals surface area (Å²) in [5.74, 6) is 0. The van der Waals surface area contributed by atoms with E-state index in [1.165, 1.54) is 27.8 Å². The lowest BCUT2D eigenvalue weighted by molar-refractivity contribution is 0.156. The van der Waals surface area contributed by atoms with Gasteiger partial charge < -0.3 is 10.4 Å². The van der Waals surface area contributed by atoms with Gasteiger partial charge in [0.05, 0.1) is 0 Å². The lowest BCUT2D eigenvalue weighted by atomic mass is 9.92. The van der Waals surface area contributed by atoms with Crippen LogP contribution in [0.1, 0.15) is 41.7 Å². The summed E-state index contributed by atoms with van der Waals surface area (Å²) in [7, 11) is 0. The van der Waals surface area contributed by atoms with Crippen molar-refractivity contribution >= 4 is 0 Å². The minimum absolute atomic E-state index is 0.0549. The topological polar surface area (TPSA) is 32.3 Å². The molecule has 2 nitrogen and oxygen atoms in total. The number of hydrogen-bond acceptors (Lipinski definition) is 2. The minimum Gasteiger partial charge on any atom is -0.396 e. The van der Waals surface area contributed by atoms with Crippen molar-refractivity contribution in [2.45, 2.75) is 48.1 Å². The first-order valence-electron chi connectivity index (χ1n) is 6.66. The molecule has 0 aliphatic carbocycles. The molecule has 1 aromatic rings. The van der Waals surface area contributed by atoms with Gasteiger partial charge >= 0.3 is 0 Å². The first-order valence-corrected chi connectivity index (χ1v) is 6.66. The first kappa shape index (κ1) is 15.2. The summed E-state index contributed by atoms with van der Waals surface area (Å²) >= 11 is 0. The van der Waals surface area contributed by atoms with Crippen molar-refractivity contribution < 1.29 is 5.11 Å². The molecule has 0 amide bonds. The van der Waals surface area contributed by atoms with Crippen LogP contribution in [-0.4, -0.2) is 18.3 Å². The molecule has 0 bridgehead atoms. The fourth-order valence-electron chi connectivity index (χ4n) is 2.15. The first-order chi connectivity index (χ1) is 8.28. The van der Waals surface area contributed by atoms with Gasteiger partial charge in [-0.15, -0.1) is 0 Å². The Balaban J connectivity index is 2.80. The summed E-state index contributed by atoms with van der Waals surface area (Å²) < 4.78 is 0. The van der Waals surface area contributed by atoms with Crippen LogP contribution in [0.3, 0.4) is 0 Å². The van der Waals surface area contributed by atoms with Gasteiger partial charge in [-0.25, -0.2) is 0 Å². The molecule has 102 valence electrons. The standard InChI is InChI=1S/C16H27NO/c1-11-7-12(2)14(4)15(13(11)3)8-17-9-16(5,6)10-18/h7,17-18H,8-10H2,1-6H3. The van der Waals surface area contributed by atoms with Gasteiger partial charge in [0.25, 0.3) is 0 Å². The number of aryl methyl sites for hydroxylation is 2. The second-order valence-corrected chi connectivity index (χ2v) is 6.16. The summed E-state index contributed by atoms with van der Waals surface area (Å²) in [4.78, 5) is 0. The molecule has 0 aliphatic rings. The molecule has 18 heavy (non-hydrogen) atoms. The van der Waals surface area contributed by atoms with E-state index in [0.29, 0.717) is 0 Å². The molecule has 0 aliphatic heterocycles. The van der Waals surface area contributed by atoms with Gasteiger partial charge in [0.1, 0.15) is 0 Å². The Morgan fingerprint density at radius 1 is 1.06 bits per heavy atom. The van der Waals surface area contributed by atoms with Gasteiger partial charge in [0.15, 0.2) is 0 Å². The molecule has 0 spiro atoms. The van der Waals surface area contributed by atoms with Crippen molar-refractivity contribution in [3.8, 4) is 0 Å². The van der Waals surface area contributed by atoms with Gasteiger partial charge in [-0.3, -0.25) is 0 Å². The lowest BCUT2D eigenvalue weighted by Crippen LogP contribution is -2.32. The summed E-state index contributed by atoms with van der Waals surface area (Å²) in [6.07, 6.45) is 0. The van der Waals surface area contributed by atoms with Crippen LogP contribution in [0.5, 0.6) is 0 Å². The van der Waals surface area contributed by atoms with Crippen LogP contribution in [0.4, 0.5) is 0 Å². The van der Waals surface area contributed by atoms with Crippen molar-refractivity contribution in [2.75, 3.05) is 13.2 Å². The van der Waals surface area contributed by atoms with E-state index in [2.05, 4.69) is 52.9 Å². The molecule has 0 heterocycles. The number of aliphatic hydroxyl groups excluding tert-OH is 1. The monoisotopic (exact) mass is 249 g/mol. The summed E-state index contributed by atoms with van der Waals surface area (Å²) in [6.45, 7) is 14.8. The van der Waals surface area contributed by atoms with E-state index < -0.39 is 0 Å². The molecule has 0 aromatic heterocycles. The smallest absolute Gasteiger partial charge is 0.0494 e. The Labute approximate surface area is 111 Å². The van der Waals surface area contributed by atoms with Gasteiger partial charge in [-0.1, -0.05) is 19.9 Å². The molecule has 0 saturated heterocycles. The van der Waals surface area contributed by atoms with E-state index in [1.54, 1.807) is 0 Å². The van der Waals surface area contributed by atoms with E-state index >= 15 is 0 Å². The Morgan fingerprint density at radius 3 is 2.00 bits per heavy atom. The third kappa shape index (κ3) is 3.56. The average Bonchev–Trinajstić information content (AvgIpc) is 2.31. The lowest BCUT2D eigenvalue weighted by Gasteiger charge is -2.23. The second-order valence-electron chi connectivity index (χ2n) is 6.16. The number of rotatable bonds is 5. The van der Waals surface area contributed by atoms with Crippen molar-refractivity contribution in [2.24, 2.45) is 5.41 Å². The Morgan fingerprint density at radius 2 is 1.56 bits per heavy atom. The molecule has 0 unspecified atom stereocenters. The van der Waals surface area contributed by atoms with E-state index in [0.717, 1.165) is 13.1 Å². The van der Waals surface area contributed by atoms with Crippen LogP contribution in [0.25, 0.3) is 0 Å². The maximum Gasteiger partial charge on any atom is 0.0494 e. The molecule has 0 saturated carbocycles. The minimum atomic E-state index is -0.0549. The highest BCUT2D eigenvalue weighted by molar-refractivity contribution is 5.43. The van der Waals surface area contributed by atoms with Gasteiger partial charge in [0.2, 0.25) is 0 Å². The number of benzene rings is 1. The quantitative estimate of drug-likeness (QED) is 0.840. The van der Waals surface area contributed by atoms with E-state index in [-0.39, 0.29) is 12.0 Å². The zero-order valence-electron chi connectivity index (χ0n) is 12.6. The molecule has 1 aromatic carbocycles. The molecular formula is C16H27NO. The highest BCUT2D eigenvalue weighted by atomic mass is 16.3. The molecule has 0 atom stereocenters. The molecule has 2 heteroatoms. The molecule has 0 fully saturated rings. The number of nitrogens with one attached hydrogen (secondary N) is 1. The maximum absolute atomic E-state index is 9.25. The van der Waals surface area contributed by atoms with Crippen molar-refractivity contribution in [1.82, 2.24) is 5.32 Å². The Bertz CT molecular complexity index is 395. The number of aliphatic hydroxyl groups is 1. The molecular weight excluding hydrogens is 222 g/mol. The summed E-state index contributed by atoms with van der Waals surface area (Å²) in [6, 6.07) is 2.26. The highest BCUT2D eigenvalue weighted by Crippen LogP contribution is 2.21. The third-order valence-corrected chi connectivity index (χ3v) is 3.85. The normalized spacial score (nSPS) is 11.9. The number of hydrogen-bond donors (Lipinski definition) is 2. The molecule has 2 N–H and O–H groups in total. The zero-order valence-corrected chi connectivity index (χ0v) is 12.6.